The van der Waals surface area contributed by atoms with Crippen molar-refractivity contribution in [3.05, 3.63) is 57.8 Å². The lowest BCUT2D eigenvalue weighted by molar-refractivity contribution is 0.224. The standard InChI is InChI=1S/C12H13NOS/c13-8-10-6-7-11(15-10)12(14)9-4-2-1-3-5-9/h1-7,12,14H,8,13H2/t12-/m1/s1. The largest absolute Gasteiger partial charge is 0.383 e. The summed E-state index contributed by atoms with van der Waals surface area (Å²) in [4.78, 5) is 2.04. The molecule has 0 radical (unpaired) electrons. The van der Waals surface area contributed by atoms with Crippen LogP contribution in [0.1, 0.15) is 21.4 Å². The van der Waals surface area contributed by atoms with E-state index in [1.54, 1.807) is 11.3 Å². The van der Waals surface area contributed by atoms with Gasteiger partial charge in [-0.1, -0.05) is 30.3 Å². The van der Waals surface area contributed by atoms with E-state index in [1.807, 2.05) is 42.5 Å². The molecule has 0 saturated carbocycles. The number of thiophene rings is 1. The highest BCUT2D eigenvalue weighted by molar-refractivity contribution is 7.12. The van der Waals surface area contributed by atoms with Crippen molar-refractivity contribution >= 4 is 11.3 Å². The molecule has 3 N–H and O–H groups in total. The second kappa shape index (κ2) is 4.57. The van der Waals surface area contributed by atoms with Crippen LogP contribution in [0.15, 0.2) is 42.5 Å². The predicted octanol–water partition coefficient (Wildman–Crippen LogP) is 2.29. The lowest BCUT2D eigenvalue weighted by Gasteiger charge is -2.07. The van der Waals surface area contributed by atoms with Gasteiger partial charge in [0.25, 0.3) is 0 Å². The first-order valence-electron chi connectivity index (χ1n) is 4.83. The smallest absolute Gasteiger partial charge is 0.113 e. The molecule has 1 aromatic carbocycles. The Morgan fingerprint density at radius 1 is 1.13 bits per heavy atom. The van der Waals surface area contributed by atoms with Gasteiger partial charge in [0.15, 0.2) is 0 Å². The van der Waals surface area contributed by atoms with Crippen LogP contribution in [0.3, 0.4) is 0 Å². The van der Waals surface area contributed by atoms with Crippen LogP contribution in [0.4, 0.5) is 0 Å². The van der Waals surface area contributed by atoms with Gasteiger partial charge in [0.05, 0.1) is 0 Å². The monoisotopic (exact) mass is 219 g/mol. The second-order valence-corrected chi connectivity index (χ2v) is 4.52. The summed E-state index contributed by atoms with van der Waals surface area (Å²) in [7, 11) is 0. The molecule has 0 amide bonds. The Morgan fingerprint density at radius 3 is 2.47 bits per heavy atom. The van der Waals surface area contributed by atoms with Crippen LogP contribution < -0.4 is 5.73 Å². The van der Waals surface area contributed by atoms with E-state index in [0.29, 0.717) is 6.54 Å². The molecule has 78 valence electrons. The molecule has 1 aromatic heterocycles. The van der Waals surface area contributed by atoms with Crippen molar-refractivity contribution in [1.29, 1.82) is 0 Å². The molecule has 1 atom stereocenters. The highest BCUT2D eigenvalue weighted by Crippen LogP contribution is 2.27. The first kappa shape index (κ1) is 10.4. The molecule has 1 heterocycles. The van der Waals surface area contributed by atoms with E-state index in [-0.39, 0.29) is 0 Å². The van der Waals surface area contributed by atoms with Gasteiger partial charge in [-0.3, -0.25) is 0 Å². The molecule has 2 rings (SSSR count). The fraction of sp³-hybridized carbons (Fsp3) is 0.167. The molecule has 0 unspecified atom stereocenters. The van der Waals surface area contributed by atoms with Gasteiger partial charge in [-0.2, -0.15) is 0 Å². The molecule has 0 bridgehead atoms. The summed E-state index contributed by atoms with van der Waals surface area (Å²) in [5.41, 5.74) is 6.45. The fourth-order valence-corrected chi connectivity index (χ4v) is 2.36. The number of nitrogens with two attached hydrogens (primary N) is 1. The molecule has 0 aliphatic heterocycles. The quantitative estimate of drug-likeness (QED) is 0.832. The Kier molecular flexibility index (Phi) is 3.16. The molecule has 0 fully saturated rings. The van der Waals surface area contributed by atoms with Crippen LogP contribution in [0.25, 0.3) is 0 Å². The summed E-state index contributed by atoms with van der Waals surface area (Å²) in [6.45, 7) is 0.534. The van der Waals surface area contributed by atoms with E-state index in [9.17, 15) is 5.11 Å². The molecule has 15 heavy (non-hydrogen) atoms. The van der Waals surface area contributed by atoms with E-state index in [0.717, 1.165) is 15.3 Å². The average molecular weight is 219 g/mol. The van der Waals surface area contributed by atoms with Gasteiger partial charge < -0.3 is 10.8 Å². The van der Waals surface area contributed by atoms with Gasteiger partial charge in [-0.15, -0.1) is 11.3 Å². The predicted molar refractivity (Wildman–Crippen MR) is 62.7 cm³/mol. The van der Waals surface area contributed by atoms with Crippen LogP contribution in [0.2, 0.25) is 0 Å². The number of aliphatic hydroxyl groups excluding tert-OH is 1. The SMILES string of the molecule is NCc1ccc([C@H](O)c2ccccc2)s1. The normalized spacial score (nSPS) is 12.7. The maximum absolute atomic E-state index is 10.1. The van der Waals surface area contributed by atoms with Crippen LogP contribution >= 0.6 is 11.3 Å². The lowest BCUT2D eigenvalue weighted by Crippen LogP contribution is -1.96. The van der Waals surface area contributed by atoms with Gasteiger partial charge in [-0.05, 0) is 17.7 Å². The first-order valence-corrected chi connectivity index (χ1v) is 5.64. The van der Waals surface area contributed by atoms with Gasteiger partial charge in [0, 0.05) is 16.3 Å². The Morgan fingerprint density at radius 2 is 1.87 bits per heavy atom. The summed E-state index contributed by atoms with van der Waals surface area (Å²) in [6, 6.07) is 13.5. The van der Waals surface area contributed by atoms with Gasteiger partial charge in [-0.25, -0.2) is 0 Å². The summed E-state index contributed by atoms with van der Waals surface area (Å²) in [6.07, 6.45) is -0.531. The van der Waals surface area contributed by atoms with Crippen molar-refractivity contribution in [3.63, 3.8) is 0 Å². The lowest BCUT2D eigenvalue weighted by atomic mass is 10.1. The number of hydrogen-bond donors (Lipinski definition) is 2. The van der Waals surface area contributed by atoms with E-state index < -0.39 is 6.10 Å². The highest BCUT2D eigenvalue weighted by atomic mass is 32.1. The second-order valence-electron chi connectivity index (χ2n) is 3.32. The number of benzene rings is 1. The van der Waals surface area contributed by atoms with Crippen LogP contribution in [0, 0.1) is 0 Å². The van der Waals surface area contributed by atoms with Crippen molar-refractivity contribution in [2.75, 3.05) is 0 Å². The first-order chi connectivity index (χ1) is 7.31. The Bertz CT molecular complexity index is 424. The zero-order valence-electron chi connectivity index (χ0n) is 8.26. The van der Waals surface area contributed by atoms with E-state index in [2.05, 4.69) is 0 Å². The topological polar surface area (TPSA) is 46.2 Å². The van der Waals surface area contributed by atoms with Gasteiger partial charge in [0.2, 0.25) is 0 Å². The van der Waals surface area contributed by atoms with Crippen LogP contribution in [-0.4, -0.2) is 5.11 Å². The molecule has 0 saturated heterocycles. The van der Waals surface area contributed by atoms with E-state index >= 15 is 0 Å². The van der Waals surface area contributed by atoms with Crippen LogP contribution in [-0.2, 0) is 6.54 Å². The molecular weight excluding hydrogens is 206 g/mol. The average Bonchev–Trinajstić information content (AvgIpc) is 2.78. The van der Waals surface area contributed by atoms with Crippen molar-refractivity contribution in [2.24, 2.45) is 5.73 Å². The minimum Gasteiger partial charge on any atom is -0.383 e. The summed E-state index contributed by atoms with van der Waals surface area (Å²) in [5.74, 6) is 0. The molecule has 0 aliphatic carbocycles. The zero-order chi connectivity index (χ0) is 10.7. The third-order valence-corrected chi connectivity index (χ3v) is 3.43. The van der Waals surface area contributed by atoms with Crippen molar-refractivity contribution in [1.82, 2.24) is 0 Å². The van der Waals surface area contributed by atoms with E-state index in [1.165, 1.54) is 0 Å². The van der Waals surface area contributed by atoms with Gasteiger partial charge in [0.1, 0.15) is 6.10 Å². The minimum atomic E-state index is -0.531. The molecule has 3 heteroatoms. The van der Waals surface area contributed by atoms with Crippen molar-refractivity contribution < 1.29 is 5.11 Å². The number of rotatable bonds is 3. The Labute approximate surface area is 93.0 Å². The summed E-state index contributed by atoms with van der Waals surface area (Å²) < 4.78 is 0. The molecule has 2 aromatic rings. The maximum Gasteiger partial charge on any atom is 0.113 e. The minimum absolute atomic E-state index is 0.531. The van der Waals surface area contributed by atoms with Crippen molar-refractivity contribution in [3.8, 4) is 0 Å². The highest BCUT2D eigenvalue weighted by Gasteiger charge is 2.11. The van der Waals surface area contributed by atoms with Crippen LogP contribution in [0.5, 0.6) is 0 Å². The Hall–Kier alpha value is -1.16. The molecular formula is C12H13NOS. The zero-order valence-corrected chi connectivity index (χ0v) is 9.08. The van der Waals surface area contributed by atoms with E-state index in [4.69, 9.17) is 5.73 Å². The molecule has 0 aliphatic rings. The van der Waals surface area contributed by atoms with Crippen molar-refractivity contribution in [2.45, 2.75) is 12.6 Å². The maximum atomic E-state index is 10.1. The number of aliphatic hydroxyl groups is 1. The number of hydrogen-bond acceptors (Lipinski definition) is 3. The molecule has 2 nitrogen and oxygen atoms in total. The summed E-state index contributed by atoms with van der Waals surface area (Å²) >= 11 is 1.56. The summed E-state index contributed by atoms with van der Waals surface area (Å²) in [5, 5.41) is 10.1. The third-order valence-electron chi connectivity index (χ3n) is 2.27. The van der Waals surface area contributed by atoms with Gasteiger partial charge >= 0.3 is 0 Å². The third kappa shape index (κ3) is 2.26. The molecule has 0 spiro atoms. The Balaban J connectivity index is 2.24. The fourth-order valence-electron chi connectivity index (χ4n) is 1.45.